The number of nitro benzene ring substituents is 1. The molecule has 0 radical (unpaired) electrons. The van der Waals surface area contributed by atoms with Crippen LogP contribution < -0.4 is 14.5 Å². The molecule has 16 heteroatoms. The van der Waals surface area contributed by atoms with E-state index in [2.05, 4.69) is 33.8 Å². The maximum Gasteiger partial charge on any atom is 0.269 e. The van der Waals surface area contributed by atoms with Crippen LogP contribution in [0.15, 0.2) is 90.2 Å². The summed E-state index contributed by atoms with van der Waals surface area (Å²) in [4.78, 5) is 31.9. The molecule has 0 bridgehead atoms. The van der Waals surface area contributed by atoms with Gasteiger partial charge in [-0.3, -0.25) is 14.9 Å². The lowest BCUT2D eigenvalue weighted by molar-refractivity contribution is -0.384. The van der Waals surface area contributed by atoms with E-state index < -0.39 is 0 Å². The number of nitrogens with zero attached hydrogens (tertiary/aromatic N) is 4. The summed E-state index contributed by atoms with van der Waals surface area (Å²) in [6, 6.07) is 18.9. The van der Waals surface area contributed by atoms with Gasteiger partial charge in [-0.2, -0.15) is 0 Å². The van der Waals surface area contributed by atoms with Crippen molar-refractivity contribution in [2.45, 2.75) is 13.3 Å². The number of non-ortho nitro benzene ring substituents is 1. The summed E-state index contributed by atoms with van der Waals surface area (Å²) in [7, 11) is 6.58. The third-order valence-corrected chi connectivity index (χ3v) is 11.0. The molecule has 2 aliphatic rings. The van der Waals surface area contributed by atoms with E-state index in [1.54, 1.807) is 46.6 Å². The second-order valence-electron chi connectivity index (χ2n) is 15.2. The number of nitro groups is 1. The van der Waals surface area contributed by atoms with Gasteiger partial charge < -0.3 is 57.3 Å². The van der Waals surface area contributed by atoms with Crippen molar-refractivity contribution < 1.29 is 52.3 Å². The van der Waals surface area contributed by atoms with E-state index in [1.807, 2.05) is 36.4 Å². The maximum atomic E-state index is 14.5. The number of anilines is 2. The highest BCUT2D eigenvalue weighted by Crippen LogP contribution is 2.48. The van der Waals surface area contributed by atoms with Gasteiger partial charge in [0.1, 0.15) is 11.5 Å². The van der Waals surface area contributed by atoms with Crippen molar-refractivity contribution >= 4 is 28.4 Å². The highest BCUT2D eigenvalue weighted by atomic mass is 16.6. The molecule has 1 aliphatic heterocycles. The van der Waals surface area contributed by atoms with Crippen LogP contribution in [0, 0.1) is 10.1 Å². The molecule has 1 aliphatic carbocycles. The van der Waals surface area contributed by atoms with Crippen molar-refractivity contribution in [3.05, 3.63) is 117 Å². The van der Waals surface area contributed by atoms with Crippen LogP contribution >= 0.6 is 0 Å². The average molecular weight is 903 g/mol. The van der Waals surface area contributed by atoms with Crippen molar-refractivity contribution in [1.29, 1.82) is 0 Å². The zero-order valence-corrected chi connectivity index (χ0v) is 38.6. The predicted molar refractivity (Wildman–Crippen MR) is 250 cm³/mol. The minimum absolute atomic E-state index is 0.0669. The van der Waals surface area contributed by atoms with Crippen LogP contribution in [0.3, 0.4) is 0 Å². The number of carbonyl (C=O) groups is 1. The molecule has 3 aromatic rings. The van der Waals surface area contributed by atoms with Gasteiger partial charge in [0.25, 0.3) is 5.69 Å². The molecule has 0 saturated heterocycles. The molecule has 0 saturated carbocycles. The van der Waals surface area contributed by atoms with E-state index in [1.165, 1.54) is 12.1 Å². The number of hydrogen-bond donors (Lipinski definition) is 0. The van der Waals surface area contributed by atoms with Crippen molar-refractivity contribution in [2.75, 3.05) is 157 Å². The fraction of sp³-hybridized carbons (Fsp3) is 0.490. The van der Waals surface area contributed by atoms with Gasteiger partial charge in [0.15, 0.2) is 5.78 Å². The fourth-order valence-corrected chi connectivity index (χ4v) is 7.40. The Bertz CT molecular complexity index is 2010. The third-order valence-electron chi connectivity index (χ3n) is 11.0. The van der Waals surface area contributed by atoms with Crippen LogP contribution in [-0.2, 0) is 49.1 Å². The van der Waals surface area contributed by atoms with Crippen LogP contribution in [0.1, 0.15) is 23.6 Å². The Morgan fingerprint density at radius 1 is 0.569 bits per heavy atom. The van der Waals surface area contributed by atoms with Gasteiger partial charge in [-0.25, -0.2) is 0 Å². The Labute approximate surface area is 383 Å². The van der Waals surface area contributed by atoms with Crippen molar-refractivity contribution in [1.82, 2.24) is 4.90 Å². The summed E-state index contributed by atoms with van der Waals surface area (Å²) < 4.78 is 50.8. The Morgan fingerprint density at radius 3 is 1.49 bits per heavy atom. The molecule has 3 aromatic carbocycles. The summed E-state index contributed by atoms with van der Waals surface area (Å²) in [6.07, 6.45) is 6.27. The van der Waals surface area contributed by atoms with Gasteiger partial charge in [-0.15, -0.1) is 0 Å². The summed E-state index contributed by atoms with van der Waals surface area (Å²) in [6.45, 7) is 11.6. The first-order chi connectivity index (χ1) is 31.8. The average Bonchev–Trinajstić information content (AvgIpc) is 3.32. The minimum atomic E-state index is -0.388. The number of likely N-dealkylation sites (N-methyl/N-ethyl adjacent to an activating group) is 1. The normalized spacial score (nSPS) is 14.2. The molecule has 0 fully saturated rings. The number of ketones is 1. The molecule has 0 unspecified atom stereocenters. The molecule has 1 heterocycles. The van der Waals surface area contributed by atoms with Gasteiger partial charge in [-0.05, 0) is 55.3 Å². The van der Waals surface area contributed by atoms with E-state index in [-0.39, 0.29) is 16.4 Å². The summed E-state index contributed by atoms with van der Waals surface area (Å²) in [5, 5.41) is 11.2. The molecule has 0 atom stereocenters. The van der Waals surface area contributed by atoms with E-state index in [0.717, 1.165) is 39.3 Å². The third kappa shape index (κ3) is 15.5. The lowest BCUT2D eigenvalue weighted by Crippen LogP contribution is -2.32. The Morgan fingerprint density at radius 2 is 1.05 bits per heavy atom. The van der Waals surface area contributed by atoms with Gasteiger partial charge in [0.2, 0.25) is 0 Å². The zero-order valence-electron chi connectivity index (χ0n) is 38.6. The molecule has 0 spiro atoms. The molecule has 16 nitrogen and oxygen atoms in total. The molecule has 0 N–H and O–H groups in total. The number of fused-ring (bicyclic) bond motifs is 2. The molecular formula is C49H66N4O12. The van der Waals surface area contributed by atoms with Gasteiger partial charge in [0, 0.05) is 137 Å². The maximum absolute atomic E-state index is 14.5. The molecule has 0 amide bonds. The number of rotatable bonds is 32. The van der Waals surface area contributed by atoms with Crippen molar-refractivity contribution in [3.8, 4) is 11.5 Å². The van der Waals surface area contributed by atoms with E-state index in [9.17, 15) is 14.9 Å². The summed E-state index contributed by atoms with van der Waals surface area (Å²) in [5.41, 5.74) is 6.63. The first kappa shape index (κ1) is 50.8. The first-order valence-corrected chi connectivity index (χ1v) is 22.2. The topological polar surface area (TPSA) is 153 Å². The van der Waals surface area contributed by atoms with E-state index >= 15 is 0 Å². The van der Waals surface area contributed by atoms with Gasteiger partial charge >= 0.3 is 0 Å². The predicted octanol–water partition coefficient (Wildman–Crippen LogP) is 6.35. The van der Waals surface area contributed by atoms with E-state index in [4.69, 9.17) is 42.6 Å². The highest BCUT2D eigenvalue weighted by Gasteiger charge is 2.29. The van der Waals surface area contributed by atoms with Crippen molar-refractivity contribution in [3.63, 3.8) is 0 Å². The summed E-state index contributed by atoms with van der Waals surface area (Å²) >= 11 is 0. The number of benzene rings is 3. The highest BCUT2D eigenvalue weighted by molar-refractivity contribution is 6.16. The molecule has 65 heavy (non-hydrogen) atoms. The van der Waals surface area contributed by atoms with Crippen molar-refractivity contribution in [2.24, 2.45) is 0 Å². The van der Waals surface area contributed by atoms with Gasteiger partial charge in [-0.1, -0.05) is 12.1 Å². The summed E-state index contributed by atoms with van der Waals surface area (Å²) in [5.74, 6) is 1.12. The lowest BCUT2D eigenvalue weighted by atomic mass is 9.86. The van der Waals surface area contributed by atoms with Crippen LogP contribution in [0.4, 0.5) is 17.1 Å². The molecule has 354 valence electrons. The Hall–Kier alpha value is -5.17. The number of carbonyl (C=O) groups excluding carboxylic acids is 1. The largest absolute Gasteiger partial charge is 0.456 e. The smallest absolute Gasteiger partial charge is 0.269 e. The minimum Gasteiger partial charge on any atom is -0.456 e. The van der Waals surface area contributed by atoms with Crippen LogP contribution in [0.5, 0.6) is 11.5 Å². The molecule has 0 aromatic heterocycles. The van der Waals surface area contributed by atoms with Gasteiger partial charge in [0.05, 0.1) is 84.2 Å². The molecular weight excluding hydrogens is 837 g/mol. The fourth-order valence-electron chi connectivity index (χ4n) is 7.40. The number of methoxy groups -OCH3 is 4. The second-order valence-corrected chi connectivity index (χ2v) is 15.2. The van der Waals surface area contributed by atoms with Crippen LogP contribution in [0.25, 0.3) is 5.57 Å². The Kier molecular flexibility index (Phi) is 21.9. The van der Waals surface area contributed by atoms with E-state index in [0.29, 0.717) is 142 Å². The number of ether oxygens (including phenoxy) is 9. The van der Waals surface area contributed by atoms with Crippen LogP contribution in [-0.4, -0.2) is 163 Å². The molecule has 5 rings (SSSR count). The second kappa shape index (κ2) is 28.0. The zero-order chi connectivity index (χ0) is 46.2. The SMILES string of the molecule is CCN(CCc1ccc([N+](=O)[O-])cc1)c1ccc2c(c1)Oc1cc(N(CCOCCOC)CCOCCOC)ccc1/C2=C1/C=CC(N(CCOCCOC)CCOCCOC)=CC1=O. The Balaban J connectivity index is 1.49. The monoisotopic (exact) mass is 902 g/mol. The number of hydrogen-bond acceptors (Lipinski definition) is 15. The standard InChI is InChI=1S/C49H66N4O12/c1-6-50(18-17-38-7-9-39(10-8-38)53(55)56)41-12-15-44-47(36-41)65-48-37-42(52(21-25-63-33-29-59-4)22-26-64-34-30-60-5)13-16-45(48)49(44)43-14-11-40(35-46(43)54)51(19-23-61-31-27-57-2)20-24-62-32-28-58-3/h7-16,35-37H,6,17-34H2,1-5H3/b49-43-. The quantitative estimate of drug-likeness (QED) is 0.0231. The first-order valence-electron chi connectivity index (χ1n) is 22.2. The van der Waals surface area contributed by atoms with Crippen LogP contribution in [0.2, 0.25) is 0 Å². The lowest BCUT2D eigenvalue weighted by Gasteiger charge is -2.31. The number of allylic oxidation sites excluding steroid dienone is 4.